The van der Waals surface area contributed by atoms with Crippen molar-refractivity contribution in [1.82, 2.24) is 29.3 Å². The molecule has 0 bridgehead atoms. The van der Waals surface area contributed by atoms with Crippen LogP contribution in [-0.2, 0) is 4.79 Å². The molecule has 2 aliphatic heterocycles. The summed E-state index contributed by atoms with van der Waals surface area (Å²) in [5, 5.41) is 30.7. The van der Waals surface area contributed by atoms with Gasteiger partial charge in [0.25, 0.3) is 11.8 Å². The maximum absolute atomic E-state index is 15.0. The number of halogens is 6. The summed E-state index contributed by atoms with van der Waals surface area (Å²) >= 11 is 0. The summed E-state index contributed by atoms with van der Waals surface area (Å²) in [5.41, 5.74) is 9.75. The molecule has 0 amide bonds. The van der Waals surface area contributed by atoms with Crippen LogP contribution in [0.1, 0.15) is 67.4 Å². The van der Waals surface area contributed by atoms with Crippen molar-refractivity contribution < 1.29 is 36.2 Å². The summed E-state index contributed by atoms with van der Waals surface area (Å²) in [7, 11) is 3.32. The topological polar surface area (TPSA) is 173 Å². The quantitative estimate of drug-likeness (QED) is 0.150. The minimum absolute atomic E-state index is 0.180. The number of carboxylic acids is 1. The molecule has 0 spiro atoms. The van der Waals surface area contributed by atoms with Crippen molar-refractivity contribution in [3.05, 3.63) is 65.7 Å². The Hall–Kier alpha value is -5.72. The maximum Gasteiger partial charge on any atom is 0.306 e. The monoisotopic (exact) mass is 834 g/mol. The highest BCUT2D eigenvalue weighted by atomic mass is 19.3. The average Bonchev–Trinajstić information content (AvgIpc) is 4.03. The van der Waals surface area contributed by atoms with E-state index in [2.05, 4.69) is 26.3 Å². The number of benzene rings is 2. The lowest BCUT2D eigenvalue weighted by Gasteiger charge is -2.24. The Labute approximate surface area is 341 Å². The number of alkyl halides is 6. The van der Waals surface area contributed by atoms with Crippen LogP contribution in [0.15, 0.2) is 48.8 Å². The molecule has 2 saturated carbocycles. The fraction of sp³-hybridized carbons (Fsp3) is 0.476. The van der Waals surface area contributed by atoms with E-state index in [0.29, 0.717) is 87.6 Å². The number of likely N-dealkylation sites (tertiary alicyclic amines) is 2. The zero-order valence-electron chi connectivity index (χ0n) is 32.9. The van der Waals surface area contributed by atoms with E-state index in [1.54, 1.807) is 71.1 Å². The minimum Gasteiger partial charge on any atom is -0.481 e. The predicted molar refractivity (Wildman–Crippen MR) is 213 cm³/mol. The van der Waals surface area contributed by atoms with E-state index in [-0.39, 0.29) is 44.2 Å². The highest BCUT2D eigenvalue weighted by Gasteiger charge is 2.50. The van der Waals surface area contributed by atoms with E-state index >= 15 is 8.78 Å². The molecular weight excluding hydrogens is 791 g/mol. The molecule has 2 aliphatic carbocycles. The van der Waals surface area contributed by atoms with Crippen LogP contribution in [0, 0.1) is 28.6 Å². The second-order valence-corrected chi connectivity index (χ2v) is 16.3. The van der Waals surface area contributed by atoms with Gasteiger partial charge in [0.2, 0.25) is 0 Å². The number of anilines is 2. The number of carbonyl (C=O) groups is 1. The largest absolute Gasteiger partial charge is 0.481 e. The van der Waals surface area contributed by atoms with Gasteiger partial charge in [-0.3, -0.25) is 24.6 Å². The number of nitrogens with zero attached hydrogens (tertiary/aromatic N) is 8. The van der Waals surface area contributed by atoms with E-state index in [0.717, 1.165) is 0 Å². The molecule has 6 atom stereocenters. The molecule has 18 heteroatoms. The van der Waals surface area contributed by atoms with Crippen molar-refractivity contribution in [2.24, 2.45) is 5.92 Å². The van der Waals surface area contributed by atoms with Crippen LogP contribution in [-0.4, -0.2) is 111 Å². The van der Waals surface area contributed by atoms with Gasteiger partial charge in [0.1, 0.15) is 35.8 Å². The molecule has 12 nitrogen and oxygen atoms in total. The SMILES string of the molecule is CN1CC(Nc2c(N)cnc3ccc(C#N)cc23)C(F)(F)C1.CN1CC(n2c(C3CCC(F)C3)nc3cnc4ccc(C#N)cc4c32)C(F)(F)C1.O=C(O)C1CCC(F)C1. The molecule has 4 aliphatic rings. The summed E-state index contributed by atoms with van der Waals surface area (Å²) in [5.74, 6) is -6.74. The molecule has 6 unspecified atom stereocenters. The highest BCUT2D eigenvalue weighted by Crippen LogP contribution is 2.45. The average molecular weight is 835 g/mol. The lowest BCUT2D eigenvalue weighted by molar-refractivity contribution is -0.141. The summed E-state index contributed by atoms with van der Waals surface area (Å²) in [4.78, 5) is 26.6. The van der Waals surface area contributed by atoms with Gasteiger partial charge in [-0.25, -0.2) is 31.3 Å². The first-order valence-electron chi connectivity index (χ1n) is 19.7. The van der Waals surface area contributed by atoms with Crippen LogP contribution in [0.5, 0.6) is 0 Å². The van der Waals surface area contributed by atoms with E-state index in [1.807, 2.05) is 6.07 Å². The van der Waals surface area contributed by atoms with Gasteiger partial charge in [0, 0.05) is 29.8 Å². The zero-order valence-corrected chi connectivity index (χ0v) is 32.9. The van der Waals surface area contributed by atoms with Crippen molar-refractivity contribution in [2.45, 2.75) is 80.7 Å². The number of aliphatic carboxylic acids is 1. The first-order valence-corrected chi connectivity index (χ1v) is 19.7. The van der Waals surface area contributed by atoms with Gasteiger partial charge in [-0.15, -0.1) is 0 Å². The molecule has 2 saturated heterocycles. The number of likely N-dealkylation sites (N-methyl/N-ethyl adjacent to an activating group) is 2. The van der Waals surface area contributed by atoms with Gasteiger partial charge in [0.15, 0.2) is 0 Å². The smallest absolute Gasteiger partial charge is 0.306 e. The van der Waals surface area contributed by atoms with Crippen molar-refractivity contribution in [1.29, 1.82) is 10.5 Å². The molecule has 60 heavy (non-hydrogen) atoms. The lowest BCUT2D eigenvalue weighted by atomic mass is 10.1. The third-order valence-electron chi connectivity index (χ3n) is 11.7. The number of nitrogens with two attached hydrogens (primary N) is 1. The number of nitriles is 2. The van der Waals surface area contributed by atoms with Crippen molar-refractivity contribution in [2.75, 3.05) is 51.3 Å². The Morgan fingerprint density at radius 1 is 0.833 bits per heavy atom. The van der Waals surface area contributed by atoms with Gasteiger partial charge in [0.05, 0.1) is 82.6 Å². The van der Waals surface area contributed by atoms with Crippen molar-refractivity contribution in [3.8, 4) is 12.1 Å². The molecule has 4 N–H and O–H groups in total. The molecule has 3 aromatic heterocycles. The Kier molecular flexibility index (Phi) is 11.8. The number of hydrogen-bond acceptors (Lipinski definition) is 10. The number of carboxylic acid groups (broad SMARTS) is 1. The molecule has 2 aromatic carbocycles. The standard InChI is InChI=1S/C21H20F3N5.C15H15F2N5.C6H9FO2/c1-28-10-18(21(23,24)11-28)29-19-15-6-12(8-25)2-5-16(15)26-9-17(19)27-20(29)13-3-4-14(22)7-13;1-22-7-13(15(16,17)8-22)21-14-10-4-9(5-18)2-3-12(10)20-6-11(14)19;7-5-2-1-4(3-5)6(8)9/h2,5-6,9,13-14,18H,3-4,7,10-11H2,1H3;2-4,6,13H,7-8,19H2,1H3,(H,20,21);4-5H,1-3H2,(H,8,9). The van der Waals surface area contributed by atoms with Crippen LogP contribution in [0.2, 0.25) is 0 Å². The molecule has 0 radical (unpaired) electrons. The van der Waals surface area contributed by atoms with Crippen LogP contribution >= 0.6 is 0 Å². The van der Waals surface area contributed by atoms with Gasteiger partial charge in [-0.05, 0) is 89.0 Å². The van der Waals surface area contributed by atoms with Crippen molar-refractivity contribution >= 4 is 50.2 Å². The molecule has 9 rings (SSSR count). The van der Waals surface area contributed by atoms with Gasteiger partial charge >= 0.3 is 5.97 Å². The normalized spacial score (nSPS) is 26.0. The summed E-state index contributed by atoms with van der Waals surface area (Å²) in [6.07, 6.45) is 3.69. The Morgan fingerprint density at radius 3 is 1.97 bits per heavy atom. The van der Waals surface area contributed by atoms with Crippen LogP contribution in [0.3, 0.4) is 0 Å². The number of pyridine rings is 2. The maximum atomic E-state index is 15.0. The second-order valence-electron chi connectivity index (χ2n) is 16.3. The second kappa shape index (κ2) is 16.7. The van der Waals surface area contributed by atoms with E-state index in [4.69, 9.17) is 16.1 Å². The fourth-order valence-corrected chi connectivity index (χ4v) is 8.75. The molecule has 4 fully saturated rings. The van der Waals surface area contributed by atoms with Gasteiger partial charge < -0.3 is 20.7 Å². The summed E-state index contributed by atoms with van der Waals surface area (Å²) < 4.78 is 85.9. The number of rotatable bonds is 5. The molecule has 5 aromatic rings. The number of aromatic nitrogens is 4. The number of imidazole rings is 1. The fourth-order valence-electron chi connectivity index (χ4n) is 8.75. The third kappa shape index (κ3) is 8.62. The lowest BCUT2D eigenvalue weighted by Crippen LogP contribution is -2.38. The Balaban J connectivity index is 0.000000154. The first kappa shape index (κ1) is 42.4. The van der Waals surface area contributed by atoms with Crippen LogP contribution < -0.4 is 11.1 Å². The summed E-state index contributed by atoms with van der Waals surface area (Å²) in [6, 6.07) is 12.0. The first-order chi connectivity index (χ1) is 28.5. The molecular formula is C42H44F6N10O2. The number of nitrogen functional groups attached to an aromatic ring is 1. The minimum atomic E-state index is -2.94. The molecule has 5 heterocycles. The van der Waals surface area contributed by atoms with Crippen molar-refractivity contribution in [3.63, 3.8) is 0 Å². The van der Waals surface area contributed by atoms with E-state index in [9.17, 15) is 27.6 Å². The molecule has 316 valence electrons. The number of nitrogens with one attached hydrogen (secondary N) is 1. The summed E-state index contributed by atoms with van der Waals surface area (Å²) in [6.45, 7) is -0.232. The van der Waals surface area contributed by atoms with E-state index in [1.165, 1.54) is 6.20 Å². The van der Waals surface area contributed by atoms with Gasteiger partial charge in [-0.1, -0.05) is 0 Å². The van der Waals surface area contributed by atoms with Gasteiger partial charge in [-0.2, -0.15) is 10.5 Å². The Morgan fingerprint density at radius 2 is 1.43 bits per heavy atom. The highest BCUT2D eigenvalue weighted by molar-refractivity contribution is 6.03. The number of fused-ring (bicyclic) bond motifs is 4. The third-order valence-corrected chi connectivity index (χ3v) is 11.7. The Bertz CT molecular complexity index is 2500. The van der Waals surface area contributed by atoms with Crippen LogP contribution in [0.25, 0.3) is 32.8 Å². The predicted octanol–water partition coefficient (Wildman–Crippen LogP) is 7.44. The zero-order chi connectivity index (χ0) is 43.1. The number of hydrogen-bond donors (Lipinski definition) is 3. The van der Waals surface area contributed by atoms with E-state index < -0.39 is 48.2 Å². The van der Waals surface area contributed by atoms with Crippen LogP contribution in [0.4, 0.5) is 37.7 Å².